The van der Waals surface area contributed by atoms with Gasteiger partial charge in [-0.1, -0.05) is 26.5 Å². The lowest BCUT2D eigenvalue weighted by molar-refractivity contribution is 0.288. The van der Waals surface area contributed by atoms with Gasteiger partial charge in [-0.15, -0.1) is 0 Å². The molecule has 1 saturated heterocycles. The number of allylic oxidation sites excluding steroid dienone is 1. The molecular weight excluding hydrogens is 208 g/mol. The minimum Gasteiger partial charge on any atom is -0.369 e. The molecule has 1 unspecified atom stereocenters. The zero-order chi connectivity index (χ0) is 12.8. The van der Waals surface area contributed by atoms with Crippen LogP contribution < -0.4 is 0 Å². The van der Waals surface area contributed by atoms with Crippen LogP contribution in [0.1, 0.15) is 33.1 Å². The van der Waals surface area contributed by atoms with Gasteiger partial charge in [0.05, 0.1) is 0 Å². The maximum absolute atomic E-state index is 4.21. The van der Waals surface area contributed by atoms with Crippen molar-refractivity contribution in [3.63, 3.8) is 0 Å². The molecule has 98 valence electrons. The van der Waals surface area contributed by atoms with Gasteiger partial charge in [0, 0.05) is 24.8 Å². The molecule has 0 aromatic rings. The highest BCUT2D eigenvalue weighted by Crippen LogP contribution is 2.26. The van der Waals surface area contributed by atoms with E-state index in [2.05, 4.69) is 56.5 Å². The number of hydrogen-bond acceptors (Lipinski definition) is 2. The third kappa shape index (κ3) is 4.95. The fraction of sp³-hybridized carbons (Fsp3) is 0.733. The van der Waals surface area contributed by atoms with Gasteiger partial charge in [0.2, 0.25) is 0 Å². The monoisotopic (exact) mass is 236 g/mol. The first-order valence-electron chi connectivity index (χ1n) is 6.77. The summed E-state index contributed by atoms with van der Waals surface area (Å²) in [5, 5.41) is 0. The molecule has 2 heteroatoms. The van der Waals surface area contributed by atoms with Gasteiger partial charge in [0.25, 0.3) is 0 Å². The molecule has 0 radical (unpaired) electrons. The van der Waals surface area contributed by atoms with Crippen LogP contribution in [0.5, 0.6) is 0 Å². The average molecular weight is 236 g/mol. The molecule has 2 nitrogen and oxygen atoms in total. The highest BCUT2D eigenvalue weighted by atomic mass is 15.2. The summed E-state index contributed by atoms with van der Waals surface area (Å²) in [5.74, 6) is 0.777. The van der Waals surface area contributed by atoms with E-state index in [1.54, 1.807) is 0 Å². The first-order chi connectivity index (χ1) is 8.00. The van der Waals surface area contributed by atoms with E-state index in [0.29, 0.717) is 6.04 Å². The van der Waals surface area contributed by atoms with Gasteiger partial charge in [-0.3, -0.25) is 0 Å². The highest BCUT2D eigenvalue weighted by Gasteiger charge is 2.24. The second-order valence-electron chi connectivity index (χ2n) is 5.77. The Balaban J connectivity index is 2.47. The Kier molecular flexibility index (Phi) is 5.76. The average Bonchev–Trinajstić information content (AvgIpc) is 2.64. The van der Waals surface area contributed by atoms with Crippen molar-refractivity contribution in [1.29, 1.82) is 0 Å². The van der Waals surface area contributed by atoms with Crippen LogP contribution in [-0.4, -0.2) is 43.0 Å². The highest BCUT2D eigenvalue weighted by molar-refractivity contribution is 5.16. The number of nitrogens with zero attached hydrogens (tertiary/aromatic N) is 2. The van der Waals surface area contributed by atoms with Crippen molar-refractivity contribution in [2.75, 3.05) is 27.2 Å². The first-order valence-corrected chi connectivity index (χ1v) is 6.77. The van der Waals surface area contributed by atoms with Gasteiger partial charge in [-0.05, 0) is 45.4 Å². The Labute approximate surface area is 107 Å². The van der Waals surface area contributed by atoms with Gasteiger partial charge in [-0.2, -0.15) is 0 Å². The van der Waals surface area contributed by atoms with E-state index in [4.69, 9.17) is 0 Å². The predicted octanol–water partition coefficient (Wildman–Crippen LogP) is 3.13. The molecule has 1 fully saturated rings. The molecule has 1 aliphatic heterocycles. The standard InChI is InChI=1S/C15H28N2/c1-13(2)12-15-9-7-11-17(15)14(3)8-6-10-16(4)5/h6,8,13,15H,3,7,9-12H2,1-2,4-5H3/b8-6+. The van der Waals surface area contributed by atoms with Crippen LogP contribution in [0.2, 0.25) is 0 Å². The Hall–Kier alpha value is -0.760. The SMILES string of the molecule is C=C(/C=C/CN(C)C)N1CCCC1CC(C)C. The predicted molar refractivity (Wildman–Crippen MR) is 76.0 cm³/mol. The van der Waals surface area contributed by atoms with E-state index in [9.17, 15) is 0 Å². The van der Waals surface area contributed by atoms with Crippen LogP contribution in [0.15, 0.2) is 24.4 Å². The molecule has 0 amide bonds. The molecule has 0 aliphatic carbocycles. The maximum Gasteiger partial charge on any atom is 0.0292 e. The smallest absolute Gasteiger partial charge is 0.0292 e. The minimum absolute atomic E-state index is 0.714. The van der Waals surface area contributed by atoms with Crippen LogP contribution in [0.3, 0.4) is 0 Å². The van der Waals surface area contributed by atoms with E-state index in [1.165, 1.54) is 31.5 Å². The second-order valence-corrected chi connectivity index (χ2v) is 5.77. The summed E-state index contributed by atoms with van der Waals surface area (Å²) in [4.78, 5) is 4.66. The van der Waals surface area contributed by atoms with E-state index in [-0.39, 0.29) is 0 Å². The summed E-state index contributed by atoms with van der Waals surface area (Å²) in [6.07, 6.45) is 8.32. The van der Waals surface area contributed by atoms with Crippen molar-refractivity contribution < 1.29 is 0 Å². The van der Waals surface area contributed by atoms with E-state index in [0.717, 1.165) is 12.5 Å². The van der Waals surface area contributed by atoms with Gasteiger partial charge >= 0.3 is 0 Å². The summed E-state index contributed by atoms with van der Waals surface area (Å²) in [6.45, 7) is 11.0. The van der Waals surface area contributed by atoms with Gasteiger partial charge in [0.15, 0.2) is 0 Å². The van der Waals surface area contributed by atoms with Crippen molar-refractivity contribution in [1.82, 2.24) is 9.80 Å². The fourth-order valence-corrected chi connectivity index (χ4v) is 2.50. The molecule has 0 saturated carbocycles. The van der Waals surface area contributed by atoms with Gasteiger partial charge < -0.3 is 9.80 Å². The van der Waals surface area contributed by atoms with E-state index >= 15 is 0 Å². The van der Waals surface area contributed by atoms with Crippen LogP contribution in [-0.2, 0) is 0 Å². The quantitative estimate of drug-likeness (QED) is 0.654. The molecule has 0 aromatic heterocycles. The molecule has 1 rings (SSSR count). The van der Waals surface area contributed by atoms with Gasteiger partial charge in [0.1, 0.15) is 0 Å². The van der Waals surface area contributed by atoms with E-state index in [1.807, 2.05) is 0 Å². The fourth-order valence-electron chi connectivity index (χ4n) is 2.50. The Morgan fingerprint density at radius 2 is 2.18 bits per heavy atom. The summed E-state index contributed by atoms with van der Waals surface area (Å²) in [7, 11) is 4.18. The number of hydrogen-bond donors (Lipinski definition) is 0. The molecule has 1 aliphatic rings. The lowest BCUT2D eigenvalue weighted by atomic mass is 10.0. The number of likely N-dealkylation sites (N-methyl/N-ethyl adjacent to an activating group) is 1. The lowest BCUT2D eigenvalue weighted by Crippen LogP contribution is -2.28. The van der Waals surface area contributed by atoms with Crippen LogP contribution in [0, 0.1) is 5.92 Å². The molecule has 0 aromatic carbocycles. The Morgan fingerprint density at radius 1 is 1.47 bits per heavy atom. The maximum atomic E-state index is 4.21. The lowest BCUT2D eigenvalue weighted by Gasteiger charge is -2.28. The summed E-state index contributed by atoms with van der Waals surface area (Å²) in [6, 6.07) is 0.714. The third-order valence-electron chi connectivity index (χ3n) is 3.27. The second kappa shape index (κ2) is 6.85. The third-order valence-corrected chi connectivity index (χ3v) is 3.27. The normalized spacial score (nSPS) is 21.1. The molecule has 1 atom stereocenters. The molecule has 0 N–H and O–H groups in total. The van der Waals surface area contributed by atoms with Crippen LogP contribution in [0.4, 0.5) is 0 Å². The van der Waals surface area contributed by atoms with Crippen LogP contribution in [0.25, 0.3) is 0 Å². The van der Waals surface area contributed by atoms with Crippen molar-refractivity contribution in [3.8, 4) is 0 Å². The largest absolute Gasteiger partial charge is 0.369 e. The zero-order valence-corrected chi connectivity index (χ0v) is 11.9. The number of rotatable bonds is 6. The zero-order valence-electron chi connectivity index (χ0n) is 11.9. The molecular formula is C15H28N2. The van der Waals surface area contributed by atoms with Crippen molar-refractivity contribution in [3.05, 3.63) is 24.4 Å². The van der Waals surface area contributed by atoms with Crippen molar-refractivity contribution >= 4 is 0 Å². The summed E-state index contributed by atoms with van der Waals surface area (Å²) < 4.78 is 0. The molecule has 0 bridgehead atoms. The summed E-state index contributed by atoms with van der Waals surface area (Å²) in [5.41, 5.74) is 1.19. The molecule has 17 heavy (non-hydrogen) atoms. The first kappa shape index (κ1) is 14.3. The molecule has 1 heterocycles. The van der Waals surface area contributed by atoms with Crippen molar-refractivity contribution in [2.45, 2.75) is 39.2 Å². The van der Waals surface area contributed by atoms with Crippen molar-refractivity contribution in [2.24, 2.45) is 5.92 Å². The van der Waals surface area contributed by atoms with Crippen LogP contribution >= 0.6 is 0 Å². The van der Waals surface area contributed by atoms with Gasteiger partial charge in [-0.25, -0.2) is 0 Å². The number of likely N-dealkylation sites (tertiary alicyclic amines) is 1. The Bertz CT molecular complexity index is 266. The topological polar surface area (TPSA) is 6.48 Å². The molecule has 0 spiro atoms. The Morgan fingerprint density at radius 3 is 2.76 bits per heavy atom. The minimum atomic E-state index is 0.714. The summed E-state index contributed by atoms with van der Waals surface area (Å²) >= 11 is 0. The van der Waals surface area contributed by atoms with E-state index < -0.39 is 0 Å².